The largest absolute Gasteiger partial charge is 0.342 e. The molecular weight excluding hydrogens is 262 g/mol. The fraction of sp³-hybridized carbons (Fsp3) is 0.846. The number of carbonyl (C=O) groups is 2. The molecule has 19 heavy (non-hydrogen) atoms. The van der Waals surface area contributed by atoms with Gasteiger partial charge in [-0.25, -0.2) is 0 Å². The van der Waals surface area contributed by atoms with E-state index in [4.69, 9.17) is 0 Å². The zero-order valence-corrected chi connectivity index (χ0v) is 13.0. The average molecular weight is 287 g/mol. The third-order valence-electron chi connectivity index (χ3n) is 3.33. The predicted molar refractivity (Wildman–Crippen MR) is 79.3 cm³/mol. The second kappa shape index (κ2) is 8.43. The summed E-state index contributed by atoms with van der Waals surface area (Å²) in [4.78, 5) is 27.3. The van der Waals surface area contributed by atoms with Gasteiger partial charge in [-0.3, -0.25) is 9.59 Å². The highest BCUT2D eigenvalue weighted by Gasteiger charge is 2.21. The molecule has 0 aliphatic carbocycles. The summed E-state index contributed by atoms with van der Waals surface area (Å²) in [5.74, 6) is 2.15. The summed E-state index contributed by atoms with van der Waals surface area (Å²) < 4.78 is 0. The Morgan fingerprint density at radius 2 is 1.95 bits per heavy atom. The Morgan fingerprint density at radius 3 is 2.47 bits per heavy atom. The van der Waals surface area contributed by atoms with E-state index in [0.717, 1.165) is 18.1 Å². The number of amides is 2. The molecule has 5 nitrogen and oxygen atoms in total. The van der Waals surface area contributed by atoms with Gasteiger partial charge in [0.2, 0.25) is 11.8 Å². The maximum Gasteiger partial charge on any atom is 0.242 e. The molecule has 6 heteroatoms. The molecule has 2 amide bonds. The van der Waals surface area contributed by atoms with Gasteiger partial charge in [0.05, 0.1) is 6.54 Å². The number of carbonyl (C=O) groups excluding carboxylic acids is 2. The van der Waals surface area contributed by atoms with Crippen molar-refractivity contribution in [2.24, 2.45) is 0 Å². The monoisotopic (exact) mass is 287 g/mol. The van der Waals surface area contributed by atoms with Crippen LogP contribution in [0.4, 0.5) is 0 Å². The van der Waals surface area contributed by atoms with E-state index in [1.807, 2.05) is 25.6 Å². The van der Waals surface area contributed by atoms with Gasteiger partial charge in [0.15, 0.2) is 0 Å². The van der Waals surface area contributed by atoms with Crippen LogP contribution in [-0.4, -0.2) is 72.4 Å². The second-order valence-corrected chi connectivity index (χ2v) is 5.90. The summed E-state index contributed by atoms with van der Waals surface area (Å²) in [6.07, 6.45) is 0.481. The molecule has 1 aliphatic heterocycles. The predicted octanol–water partition coefficient (Wildman–Crippen LogP) is 0.408. The van der Waals surface area contributed by atoms with Crippen molar-refractivity contribution in [3.05, 3.63) is 0 Å². The van der Waals surface area contributed by atoms with Gasteiger partial charge in [0.1, 0.15) is 0 Å². The maximum atomic E-state index is 12.1. The van der Waals surface area contributed by atoms with Crippen molar-refractivity contribution in [1.29, 1.82) is 0 Å². The van der Waals surface area contributed by atoms with Crippen LogP contribution in [0.5, 0.6) is 0 Å². The lowest BCUT2D eigenvalue weighted by Crippen LogP contribution is -2.45. The van der Waals surface area contributed by atoms with Crippen molar-refractivity contribution in [2.75, 3.05) is 44.7 Å². The first-order valence-electron chi connectivity index (χ1n) is 6.91. The Bertz CT molecular complexity index is 302. The van der Waals surface area contributed by atoms with Crippen molar-refractivity contribution in [2.45, 2.75) is 26.3 Å². The van der Waals surface area contributed by atoms with E-state index in [1.165, 1.54) is 0 Å². The van der Waals surface area contributed by atoms with Crippen LogP contribution in [0.25, 0.3) is 0 Å². The molecule has 1 heterocycles. The smallest absolute Gasteiger partial charge is 0.242 e. The number of likely N-dealkylation sites (N-methyl/N-ethyl adjacent to an activating group) is 2. The van der Waals surface area contributed by atoms with Crippen LogP contribution in [0, 0.1) is 0 Å². The number of hydrogen-bond acceptors (Lipinski definition) is 4. The van der Waals surface area contributed by atoms with E-state index in [9.17, 15) is 9.59 Å². The van der Waals surface area contributed by atoms with E-state index in [1.54, 1.807) is 16.8 Å². The molecular formula is C13H25N3O2S. The van der Waals surface area contributed by atoms with E-state index < -0.39 is 0 Å². The standard InChI is InChI=1S/C13H25N3O2S/c1-4-16(5-2)13(18)9-15(3)12(17)8-11-10-19-7-6-14-11/h11,14H,4-10H2,1-3H3. The Kier molecular flexibility index (Phi) is 7.23. The van der Waals surface area contributed by atoms with E-state index >= 15 is 0 Å². The zero-order valence-electron chi connectivity index (χ0n) is 12.1. The molecule has 0 aromatic rings. The van der Waals surface area contributed by atoms with Crippen LogP contribution in [0.3, 0.4) is 0 Å². The Hall–Kier alpha value is -0.750. The van der Waals surface area contributed by atoms with Crippen molar-refractivity contribution < 1.29 is 9.59 Å². The molecule has 1 N–H and O–H groups in total. The van der Waals surface area contributed by atoms with Crippen LogP contribution in [0.1, 0.15) is 20.3 Å². The summed E-state index contributed by atoms with van der Waals surface area (Å²) in [7, 11) is 1.71. The molecule has 1 fully saturated rings. The molecule has 0 saturated carbocycles. The lowest BCUT2D eigenvalue weighted by atomic mass is 10.2. The summed E-state index contributed by atoms with van der Waals surface area (Å²) >= 11 is 1.87. The summed E-state index contributed by atoms with van der Waals surface area (Å²) in [6.45, 7) is 6.43. The average Bonchev–Trinajstić information content (AvgIpc) is 2.41. The maximum absolute atomic E-state index is 12.1. The number of nitrogens with one attached hydrogen (secondary N) is 1. The highest BCUT2D eigenvalue weighted by Crippen LogP contribution is 2.11. The minimum absolute atomic E-state index is 0.0202. The lowest BCUT2D eigenvalue weighted by Gasteiger charge is -2.26. The fourth-order valence-electron chi connectivity index (χ4n) is 2.08. The van der Waals surface area contributed by atoms with E-state index in [2.05, 4.69) is 5.32 Å². The van der Waals surface area contributed by atoms with Crippen LogP contribution in [0.15, 0.2) is 0 Å². The minimum atomic E-state index is 0.0202. The lowest BCUT2D eigenvalue weighted by molar-refractivity contribution is -0.139. The highest BCUT2D eigenvalue weighted by atomic mass is 32.2. The molecule has 1 aliphatic rings. The number of nitrogens with zero attached hydrogens (tertiary/aromatic N) is 2. The van der Waals surface area contributed by atoms with Gasteiger partial charge in [-0.05, 0) is 13.8 Å². The van der Waals surface area contributed by atoms with Gasteiger partial charge in [0, 0.05) is 50.7 Å². The number of thioether (sulfide) groups is 1. The van der Waals surface area contributed by atoms with Crippen LogP contribution >= 0.6 is 11.8 Å². The van der Waals surface area contributed by atoms with Gasteiger partial charge in [-0.2, -0.15) is 11.8 Å². The molecule has 0 aromatic heterocycles. The van der Waals surface area contributed by atoms with Crippen LogP contribution in [-0.2, 0) is 9.59 Å². The third kappa shape index (κ3) is 5.40. The van der Waals surface area contributed by atoms with Gasteiger partial charge >= 0.3 is 0 Å². The molecule has 1 atom stereocenters. The summed E-state index contributed by atoms with van der Waals surface area (Å²) in [6, 6.07) is 0.247. The minimum Gasteiger partial charge on any atom is -0.342 e. The normalized spacial score (nSPS) is 19.0. The van der Waals surface area contributed by atoms with Crippen molar-refractivity contribution in [3.63, 3.8) is 0 Å². The molecule has 110 valence electrons. The molecule has 0 bridgehead atoms. The molecule has 1 saturated heterocycles. The molecule has 0 radical (unpaired) electrons. The molecule has 0 aromatic carbocycles. The third-order valence-corrected chi connectivity index (χ3v) is 4.46. The summed E-state index contributed by atoms with van der Waals surface area (Å²) in [5, 5.41) is 3.34. The van der Waals surface area contributed by atoms with E-state index in [-0.39, 0.29) is 24.4 Å². The SMILES string of the molecule is CCN(CC)C(=O)CN(C)C(=O)CC1CSCCN1. The quantitative estimate of drug-likeness (QED) is 0.769. The first-order chi connectivity index (χ1) is 9.08. The zero-order chi connectivity index (χ0) is 14.3. The van der Waals surface area contributed by atoms with Gasteiger partial charge < -0.3 is 15.1 Å². The van der Waals surface area contributed by atoms with Crippen molar-refractivity contribution in [1.82, 2.24) is 15.1 Å². The number of rotatable bonds is 6. The topological polar surface area (TPSA) is 52.7 Å². The number of hydrogen-bond donors (Lipinski definition) is 1. The first-order valence-corrected chi connectivity index (χ1v) is 8.06. The van der Waals surface area contributed by atoms with Gasteiger partial charge in [-0.15, -0.1) is 0 Å². The molecule has 1 unspecified atom stereocenters. The molecule has 1 rings (SSSR count). The van der Waals surface area contributed by atoms with Gasteiger partial charge in [0.25, 0.3) is 0 Å². The van der Waals surface area contributed by atoms with Gasteiger partial charge in [-0.1, -0.05) is 0 Å². The second-order valence-electron chi connectivity index (χ2n) is 4.75. The van der Waals surface area contributed by atoms with Crippen molar-refractivity contribution >= 4 is 23.6 Å². The Balaban J connectivity index is 2.37. The Labute approximate surface area is 120 Å². The first kappa shape index (κ1) is 16.3. The molecule has 0 spiro atoms. The van der Waals surface area contributed by atoms with Crippen LogP contribution < -0.4 is 5.32 Å². The van der Waals surface area contributed by atoms with E-state index in [0.29, 0.717) is 19.5 Å². The highest BCUT2D eigenvalue weighted by molar-refractivity contribution is 7.99. The van der Waals surface area contributed by atoms with Crippen LogP contribution in [0.2, 0.25) is 0 Å². The Morgan fingerprint density at radius 1 is 1.26 bits per heavy atom. The summed E-state index contributed by atoms with van der Waals surface area (Å²) in [5.41, 5.74) is 0. The van der Waals surface area contributed by atoms with Crippen molar-refractivity contribution in [3.8, 4) is 0 Å². The fourth-order valence-corrected chi connectivity index (χ4v) is 3.03.